The Morgan fingerprint density at radius 2 is 2.00 bits per heavy atom. The van der Waals surface area contributed by atoms with Crippen LogP contribution in [0, 0.1) is 0 Å². The maximum Gasteiger partial charge on any atom is 0.142 e. The third-order valence-electron chi connectivity index (χ3n) is 2.87. The van der Waals surface area contributed by atoms with Gasteiger partial charge in [0.05, 0.1) is 11.6 Å². The van der Waals surface area contributed by atoms with Crippen molar-refractivity contribution >= 4 is 23.2 Å². The number of ether oxygens (including phenoxy) is 1. The molecule has 1 aromatic rings. The summed E-state index contributed by atoms with van der Waals surface area (Å²) in [4.78, 5) is 2.02. The minimum absolute atomic E-state index is 0.0213. The number of hydrogen-bond donors (Lipinski definition) is 1. The van der Waals surface area contributed by atoms with Crippen molar-refractivity contribution in [1.29, 1.82) is 0 Å². The number of halogens is 2. The Labute approximate surface area is 125 Å². The topological polar surface area (TPSA) is 32.7 Å². The highest BCUT2D eigenvalue weighted by Crippen LogP contribution is 2.38. The second kappa shape index (κ2) is 7.95. The first-order valence-electron chi connectivity index (χ1n) is 6.40. The molecule has 3 nitrogen and oxygen atoms in total. The molecule has 0 amide bonds. The Bertz CT molecular complexity index is 411. The van der Waals surface area contributed by atoms with Crippen molar-refractivity contribution in [2.75, 3.05) is 27.3 Å². The fraction of sp³-hybridized carbons (Fsp3) is 0.571. The fourth-order valence-electron chi connectivity index (χ4n) is 2.00. The first-order chi connectivity index (χ1) is 9.01. The fourth-order valence-corrected chi connectivity index (χ4v) is 2.56. The molecule has 0 heterocycles. The summed E-state index contributed by atoms with van der Waals surface area (Å²) in [7, 11) is 3.91. The van der Waals surface area contributed by atoms with Crippen LogP contribution in [0.2, 0.25) is 10.0 Å². The van der Waals surface area contributed by atoms with Gasteiger partial charge in [0.15, 0.2) is 0 Å². The van der Waals surface area contributed by atoms with E-state index >= 15 is 0 Å². The molecule has 0 aliphatic rings. The van der Waals surface area contributed by atoms with Crippen LogP contribution in [0.4, 0.5) is 0 Å². The number of aliphatic hydroxyl groups excluding tert-OH is 1. The standard InChI is InChI=1S/C14H21Cl2NO2/c1-4-7-19-14-11(8-10(15)9-12(14)16)13(5-6-18)17(2)3/h8-9,13,18H,4-7H2,1-3H3. The first-order valence-corrected chi connectivity index (χ1v) is 7.15. The molecule has 0 saturated carbocycles. The van der Waals surface area contributed by atoms with E-state index in [4.69, 9.17) is 27.9 Å². The van der Waals surface area contributed by atoms with Crippen molar-refractivity contribution < 1.29 is 9.84 Å². The van der Waals surface area contributed by atoms with E-state index in [1.807, 2.05) is 32.0 Å². The second-order valence-corrected chi connectivity index (χ2v) is 5.49. The van der Waals surface area contributed by atoms with Gasteiger partial charge >= 0.3 is 0 Å². The molecule has 0 spiro atoms. The lowest BCUT2D eigenvalue weighted by molar-refractivity contribution is 0.205. The predicted octanol–water partition coefficient (Wildman–Crippen LogP) is 3.77. The van der Waals surface area contributed by atoms with Gasteiger partial charge in [0.25, 0.3) is 0 Å². The summed E-state index contributed by atoms with van der Waals surface area (Å²) in [5, 5.41) is 10.3. The van der Waals surface area contributed by atoms with E-state index in [1.165, 1.54) is 0 Å². The van der Waals surface area contributed by atoms with Crippen molar-refractivity contribution in [2.45, 2.75) is 25.8 Å². The number of rotatable bonds is 7. The summed E-state index contributed by atoms with van der Waals surface area (Å²) in [5.41, 5.74) is 0.921. The van der Waals surface area contributed by atoms with Crippen molar-refractivity contribution in [2.24, 2.45) is 0 Å². The summed E-state index contributed by atoms with van der Waals surface area (Å²) < 4.78 is 5.75. The number of nitrogens with zero attached hydrogens (tertiary/aromatic N) is 1. The molecule has 108 valence electrons. The van der Waals surface area contributed by atoms with Crippen molar-refractivity contribution in [1.82, 2.24) is 4.90 Å². The van der Waals surface area contributed by atoms with Crippen LogP contribution in [0.25, 0.3) is 0 Å². The molecular weight excluding hydrogens is 285 g/mol. The smallest absolute Gasteiger partial charge is 0.142 e. The summed E-state index contributed by atoms with van der Waals surface area (Å²) in [6.07, 6.45) is 1.51. The summed E-state index contributed by atoms with van der Waals surface area (Å²) >= 11 is 12.3. The van der Waals surface area contributed by atoms with Gasteiger partial charge in [-0.25, -0.2) is 0 Å². The van der Waals surface area contributed by atoms with Gasteiger partial charge in [0.2, 0.25) is 0 Å². The summed E-state index contributed by atoms with van der Waals surface area (Å²) in [5.74, 6) is 0.667. The Balaban J connectivity index is 3.20. The Morgan fingerprint density at radius 3 is 2.53 bits per heavy atom. The Hall–Kier alpha value is -0.480. The van der Waals surface area contributed by atoms with Crippen molar-refractivity contribution in [3.63, 3.8) is 0 Å². The minimum Gasteiger partial charge on any atom is -0.492 e. The predicted molar refractivity (Wildman–Crippen MR) is 80.4 cm³/mol. The normalized spacial score (nSPS) is 12.8. The monoisotopic (exact) mass is 305 g/mol. The zero-order valence-corrected chi connectivity index (χ0v) is 13.1. The van der Waals surface area contributed by atoms with Crippen LogP contribution in [0.15, 0.2) is 12.1 Å². The molecule has 1 atom stereocenters. The van der Waals surface area contributed by atoms with Crippen LogP contribution < -0.4 is 4.74 Å². The van der Waals surface area contributed by atoms with Gasteiger partial charge in [-0.2, -0.15) is 0 Å². The van der Waals surface area contributed by atoms with Crippen LogP contribution in [-0.2, 0) is 0 Å². The first kappa shape index (κ1) is 16.6. The van der Waals surface area contributed by atoms with Crippen LogP contribution in [0.3, 0.4) is 0 Å². The average molecular weight is 306 g/mol. The molecule has 0 bridgehead atoms. The van der Waals surface area contributed by atoms with Crippen LogP contribution >= 0.6 is 23.2 Å². The average Bonchev–Trinajstić information content (AvgIpc) is 2.33. The van der Waals surface area contributed by atoms with Crippen molar-refractivity contribution in [3.05, 3.63) is 27.7 Å². The molecule has 0 aliphatic carbocycles. The van der Waals surface area contributed by atoms with Gasteiger partial charge < -0.3 is 14.7 Å². The van der Waals surface area contributed by atoms with Gasteiger partial charge in [-0.3, -0.25) is 0 Å². The third kappa shape index (κ3) is 4.53. The molecule has 19 heavy (non-hydrogen) atoms. The highest BCUT2D eigenvalue weighted by Gasteiger charge is 2.21. The van der Waals surface area contributed by atoms with E-state index in [0.717, 1.165) is 12.0 Å². The molecule has 5 heteroatoms. The Morgan fingerprint density at radius 1 is 1.32 bits per heavy atom. The van der Waals surface area contributed by atoms with E-state index in [9.17, 15) is 5.11 Å². The molecular formula is C14H21Cl2NO2. The molecule has 0 radical (unpaired) electrons. The van der Waals surface area contributed by atoms with Gasteiger partial charge in [0.1, 0.15) is 5.75 Å². The molecule has 0 aliphatic heterocycles. The zero-order valence-electron chi connectivity index (χ0n) is 11.6. The molecule has 1 N–H and O–H groups in total. The van der Waals surface area contributed by atoms with E-state index in [-0.39, 0.29) is 12.6 Å². The van der Waals surface area contributed by atoms with Crippen LogP contribution in [-0.4, -0.2) is 37.3 Å². The molecule has 0 saturated heterocycles. The van der Waals surface area contributed by atoms with E-state index in [1.54, 1.807) is 6.07 Å². The van der Waals surface area contributed by atoms with E-state index in [0.29, 0.717) is 28.8 Å². The molecule has 1 aromatic carbocycles. The van der Waals surface area contributed by atoms with Crippen molar-refractivity contribution in [3.8, 4) is 5.75 Å². The summed E-state index contributed by atoms with van der Waals surface area (Å²) in [6.45, 7) is 2.74. The quantitative estimate of drug-likeness (QED) is 0.832. The second-order valence-electron chi connectivity index (χ2n) is 4.65. The molecule has 0 fully saturated rings. The number of benzene rings is 1. The molecule has 1 unspecified atom stereocenters. The SMILES string of the molecule is CCCOc1c(Cl)cc(Cl)cc1C(CCO)N(C)C. The summed E-state index contributed by atoms with van der Waals surface area (Å²) in [6, 6.07) is 3.57. The van der Waals surface area contributed by atoms with E-state index < -0.39 is 0 Å². The minimum atomic E-state index is 0.0213. The van der Waals surface area contributed by atoms with Gasteiger partial charge in [0, 0.05) is 23.2 Å². The van der Waals surface area contributed by atoms with Gasteiger partial charge in [-0.05, 0) is 39.1 Å². The Kier molecular flexibility index (Phi) is 6.94. The highest BCUT2D eigenvalue weighted by molar-refractivity contribution is 6.35. The highest BCUT2D eigenvalue weighted by atomic mass is 35.5. The van der Waals surface area contributed by atoms with Crippen LogP contribution in [0.5, 0.6) is 5.75 Å². The lowest BCUT2D eigenvalue weighted by Crippen LogP contribution is -2.22. The number of aliphatic hydroxyl groups is 1. The van der Waals surface area contributed by atoms with Gasteiger partial charge in [-0.1, -0.05) is 30.1 Å². The largest absolute Gasteiger partial charge is 0.492 e. The third-order valence-corrected chi connectivity index (χ3v) is 3.37. The van der Waals surface area contributed by atoms with Crippen LogP contribution in [0.1, 0.15) is 31.4 Å². The lowest BCUT2D eigenvalue weighted by Gasteiger charge is -2.26. The number of hydrogen-bond acceptors (Lipinski definition) is 3. The maximum atomic E-state index is 9.22. The molecule has 1 rings (SSSR count). The lowest BCUT2D eigenvalue weighted by atomic mass is 10.0. The zero-order chi connectivity index (χ0) is 14.4. The maximum absolute atomic E-state index is 9.22. The van der Waals surface area contributed by atoms with Gasteiger partial charge in [-0.15, -0.1) is 0 Å². The van der Waals surface area contributed by atoms with E-state index in [2.05, 4.69) is 0 Å². The molecule has 0 aromatic heterocycles.